The van der Waals surface area contributed by atoms with Crippen molar-refractivity contribution in [3.05, 3.63) is 292 Å². The Morgan fingerprint density at radius 1 is 0.205 bits per heavy atom. The Balaban J connectivity index is 0.982. The summed E-state index contributed by atoms with van der Waals surface area (Å²) in [5.74, 6) is 2.63. The van der Waals surface area contributed by atoms with Crippen molar-refractivity contribution in [1.82, 2.24) is 49.8 Å². The van der Waals surface area contributed by atoms with Gasteiger partial charge in [-0.3, -0.25) is 19.9 Å². The molecular formula is C74H48N14. The van der Waals surface area contributed by atoms with Crippen molar-refractivity contribution in [1.29, 1.82) is 0 Å². The fourth-order valence-corrected chi connectivity index (χ4v) is 11.7. The van der Waals surface area contributed by atoms with Gasteiger partial charge in [0.2, 0.25) is 0 Å². The van der Waals surface area contributed by atoms with Crippen LogP contribution in [0.5, 0.6) is 0 Å². The fourth-order valence-electron chi connectivity index (χ4n) is 11.7. The number of anilines is 12. The van der Waals surface area contributed by atoms with Gasteiger partial charge in [-0.25, -0.2) is 29.9 Å². The maximum absolute atomic E-state index is 5.31. The number of hydrogen-bond acceptors (Lipinski definition) is 14. The van der Waals surface area contributed by atoms with Crippen LogP contribution in [0.1, 0.15) is 0 Å². The highest BCUT2D eigenvalue weighted by Gasteiger charge is 2.33. The third kappa shape index (κ3) is 9.35. The number of benzene rings is 8. The molecule has 0 saturated carbocycles. The van der Waals surface area contributed by atoms with E-state index in [-0.39, 0.29) is 0 Å². The van der Waals surface area contributed by atoms with Crippen molar-refractivity contribution in [2.45, 2.75) is 0 Å². The van der Waals surface area contributed by atoms with Gasteiger partial charge in [-0.05, 0) is 169 Å². The van der Waals surface area contributed by atoms with Gasteiger partial charge in [-0.2, -0.15) is 0 Å². The lowest BCUT2D eigenvalue weighted by atomic mass is 9.96. The van der Waals surface area contributed by atoms with Crippen LogP contribution in [0, 0.1) is 0 Å². The van der Waals surface area contributed by atoms with E-state index in [1.165, 1.54) is 0 Å². The van der Waals surface area contributed by atoms with Crippen LogP contribution in [0.3, 0.4) is 0 Å². The Bertz CT molecular complexity index is 4370. The number of pyridine rings is 4. The van der Waals surface area contributed by atoms with Gasteiger partial charge in [0, 0.05) is 82.2 Å². The van der Waals surface area contributed by atoms with E-state index in [1.807, 2.05) is 72.8 Å². The normalized spacial score (nSPS) is 12.2. The summed E-state index contributed by atoms with van der Waals surface area (Å²) < 4.78 is 0. The summed E-state index contributed by atoms with van der Waals surface area (Å²) in [5.41, 5.74) is 17.6. The molecule has 2 aliphatic rings. The molecule has 0 saturated heterocycles. The molecule has 0 radical (unpaired) electrons. The molecule has 8 heterocycles. The maximum atomic E-state index is 5.31. The molecule has 14 heteroatoms. The lowest BCUT2D eigenvalue weighted by molar-refractivity contribution is 1.05. The Kier molecular flexibility index (Phi) is 12.8. The monoisotopic (exact) mass is 1130 g/mol. The summed E-state index contributed by atoms with van der Waals surface area (Å²) in [5, 5.41) is 0. The van der Waals surface area contributed by atoms with E-state index in [4.69, 9.17) is 39.9 Å². The molecule has 0 atom stereocenters. The third-order valence-corrected chi connectivity index (χ3v) is 15.6. The molecule has 88 heavy (non-hydrogen) atoms. The molecule has 16 rings (SSSR count). The van der Waals surface area contributed by atoms with Gasteiger partial charge in [-0.15, -0.1) is 0 Å². The first-order chi connectivity index (χ1) is 43.6. The summed E-state index contributed by atoms with van der Waals surface area (Å²) in [7, 11) is 0. The van der Waals surface area contributed by atoms with E-state index in [2.05, 4.69) is 212 Å². The first-order valence-corrected chi connectivity index (χ1v) is 28.8. The molecule has 414 valence electrons. The van der Waals surface area contributed by atoms with Crippen LogP contribution in [-0.2, 0) is 0 Å². The van der Waals surface area contributed by atoms with Crippen LogP contribution >= 0.6 is 0 Å². The molecule has 8 aromatic carbocycles. The SMILES string of the molecule is c1ccc(N2c3ccccc3N(c3cc(-c4cc(-c5nc(-c6cccnc6)nc(-c6ccccn6)n5)cc(N5c6ccccc6N(c6ccccc6)c6ccccc65)c4)cc(-c4nc(-c5cccnc5)nc(-c5ccccn5)n4)c3)c3ccccc32)cc1. The minimum Gasteiger partial charge on any atom is -0.306 e. The quantitative estimate of drug-likeness (QED) is 0.121. The van der Waals surface area contributed by atoms with Gasteiger partial charge in [0.1, 0.15) is 11.4 Å². The molecule has 0 unspecified atom stereocenters. The Labute approximate surface area is 506 Å². The van der Waals surface area contributed by atoms with Crippen LogP contribution in [0.2, 0.25) is 0 Å². The number of para-hydroxylation sites is 10. The van der Waals surface area contributed by atoms with Crippen molar-refractivity contribution < 1.29 is 0 Å². The molecule has 14 nitrogen and oxygen atoms in total. The third-order valence-electron chi connectivity index (χ3n) is 15.6. The number of aromatic nitrogens is 10. The van der Waals surface area contributed by atoms with E-state index in [0.717, 1.165) is 102 Å². The predicted molar refractivity (Wildman–Crippen MR) is 348 cm³/mol. The van der Waals surface area contributed by atoms with E-state index >= 15 is 0 Å². The minimum atomic E-state index is 0.419. The molecule has 0 aliphatic carbocycles. The van der Waals surface area contributed by atoms with Gasteiger partial charge in [0.15, 0.2) is 34.9 Å². The van der Waals surface area contributed by atoms with Gasteiger partial charge in [0.25, 0.3) is 0 Å². The maximum Gasteiger partial charge on any atom is 0.182 e. The van der Waals surface area contributed by atoms with Gasteiger partial charge in [0.05, 0.1) is 45.5 Å². The summed E-state index contributed by atoms with van der Waals surface area (Å²) in [6.07, 6.45) is 10.5. The van der Waals surface area contributed by atoms with Crippen LogP contribution in [0.25, 0.3) is 79.7 Å². The second-order valence-corrected chi connectivity index (χ2v) is 21.0. The lowest BCUT2D eigenvalue weighted by Crippen LogP contribution is -2.24. The predicted octanol–water partition coefficient (Wildman–Crippen LogP) is 17.8. The molecule has 0 amide bonds. The molecular weight excluding hydrogens is 1080 g/mol. The topological polar surface area (TPSA) is 142 Å². The number of nitrogens with zero attached hydrogens (tertiary/aromatic N) is 14. The average Bonchev–Trinajstić information content (AvgIpc) is 0.981. The molecule has 0 N–H and O–H groups in total. The van der Waals surface area contributed by atoms with E-state index in [0.29, 0.717) is 46.3 Å². The zero-order valence-corrected chi connectivity index (χ0v) is 47.0. The summed E-state index contributed by atoms with van der Waals surface area (Å²) in [6.45, 7) is 0. The minimum absolute atomic E-state index is 0.419. The summed E-state index contributed by atoms with van der Waals surface area (Å²) >= 11 is 0. The van der Waals surface area contributed by atoms with Crippen molar-refractivity contribution in [3.63, 3.8) is 0 Å². The molecule has 0 fully saturated rings. The van der Waals surface area contributed by atoms with Crippen molar-refractivity contribution in [2.24, 2.45) is 0 Å². The number of rotatable bonds is 11. The van der Waals surface area contributed by atoms with E-state index in [9.17, 15) is 0 Å². The Morgan fingerprint density at radius 2 is 0.500 bits per heavy atom. The second kappa shape index (κ2) is 22.0. The summed E-state index contributed by atoms with van der Waals surface area (Å²) in [6, 6.07) is 87.5. The molecule has 14 aromatic rings. The largest absolute Gasteiger partial charge is 0.306 e. The zero-order chi connectivity index (χ0) is 58.3. The Hall–Kier alpha value is -12.4. The lowest BCUT2D eigenvalue weighted by Gasteiger charge is -2.40. The zero-order valence-electron chi connectivity index (χ0n) is 47.0. The van der Waals surface area contributed by atoms with Crippen LogP contribution < -0.4 is 19.6 Å². The van der Waals surface area contributed by atoms with Crippen molar-refractivity contribution in [2.75, 3.05) is 19.6 Å². The number of hydrogen-bond donors (Lipinski definition) is 0. The number of fused-ring (bicyclic) bond motifs is 4. The van der Waals surface area contributed by atoms with E-state index < -0.39 is 0 Å². The fraction of sp³-hybridized carbons (Fsp3) is 0. The standard InChI is InChI=1S/C74H48N14/c1-3-23-55(24-4-1)85-61-29-7-11-33-65(61)87(66-34-12-8-30-62(66)85)57-43-51(41-53(45-57)71-79-69(49-21-19-37-75-47-49)81-73(83-71)59-27-15-17-39-77-59)52-42-54(72-80-70(50-22-20-38-76-48-50)82-74(84-72)60-28-16-18-40-78-60)46-58(44-52)88-67-35-13-9-31-63(67)86(56-25-5-2-6-26-56)64-32-10-14-36-68(64)88/h1-48H. The van der Waals surface area contributed by atoms with Crippen LogP contribution in [0.4, 0.5) is 68.2 Å². The highest BCUT2D eigenvalue weighted by molar-refractivity contribution is 6.04. The van der Waals surface area contributed by atoms with Gasteiger partial charge >= 0.3 is 0 Å². The highest BCUT2D eigenvalue weighted by Crippen LogP contribution is 2.57. The molecule has 6 aromatic heterocycles. The smallest absolute Gasteiger partial charge is 0.182 e. The highest BCUT2D eigenvalue weighted by atomic mass is 15.3. The molecule has 0 spiro atoms. The first-order valence-electron chi connectivity index (χ1n) is 28.8. The Morgan fingerprint density at radius 3 is 0.818 bits per heavy atom. The van der Waals surface area contributed by atoms with Crippen LogP contribution in [-0.4, -0.2) is 49.8 Å². The van der Waals surface area contributed by atoms with Crippen molar-refractivity contribution in [3.8, 4) is 79.7 Å². The van der Waals surface area contributed by atoms with E-state index in [1.54, 1.807) is 37.2 Å². The second-order valence-electron chi connectivity index (χ2n) is 21.0. The van der Waals surface area contributed by atoms with Gasteiger partial charge in [-0.1, -0.05) is 97.1 Å². The van der Waals surface area contributed by atoms with Crippen LogP contribution in [0.15, 0.2) is 292 Å². The van der Waals surface area contributed by atoms with Gasteiger partial charge < -0.3 is 19.6 Å². The molecule has 0 bridgehead atoms. The first kappa shape index (κ1) is 51.2. The average molecular weight is 1130 g/mol. The van der Waals surface area contributed by atoms with Crippen molar-refractivity contribution >= 4 is 68.2 Å². The summed E-state index contributed by atoms with van der Waals surface area (Å²) in [4.78, 5) is 59.1. The molecule has 2 aliphatic heterocycles.